The Labute approximate surface area is 173 Å². The van der Waals surface area contributed by atoms with E-state index in [1.807, 2.05) is 22.9 Å². The molecule has 0 spiro atoms. The summed E-state index contributed by atoms with van der Waals surface area (Å²) >= 11 is 1.59. The largest absolute Gasteiger partial charge is 0.486 e. The number of hydrogen-bond donors (Lipinski definition) is 1. The second-order valence-electron chi connectivity index (χ2n) is 8.36. The Morgan fingerprint density at radius 3 is 2.83 bits per heavy atom. The van der Waals surface area contributed by atoms with Crippen molar-refractivity contribution in [1.82, 2.24) is 14.8 Å². The zero-order valence-electron chi connectivity index (χ0n) is 16.8. The summed E-state index contributed by atoms with van der Waals surface area (Å²) in [4.78, 5) is 17.9. The molecule has 0 saturated carbocycles. The summed E-state index contributed by atoms with van der Waals surface area (Å²) in [6.07, 6.45) is 1.33. The van der Waals surface area contributed by atoms with E-state index in [0.29, 0.717) is 36.5 Å². The number of rotatable bonds is 3. The molecule has 1 aliphatic carbocycles. The number of aromatic nitrogens is 3. The SMILES string of the molecule is CCSc1nc2n(n1)C(c1ccc3c(c1)OCCO3)C1=C(CC(C)(C)CC1=O)N2. The van der Waals surface area contributed by atoms with Crippen LogP contribution in [0.4, 0.5) is 5.95 Å². The van der Waals surface area contributed by atoms with Gasteiger partial charge in [-0.05, 0) is 35.3 Å². The van der Waals surface area contributed by atoms with E-state index in [-0.39, 0.29) is 17.2 Å². The van der Waals surface area contributed by atoms with Crippen LogP contribution >= 0.6 is 11.8 Å². The first-order chi connectivity index (χ1) is 13.9. The molecule has 1 aromatic carbocycles. The third-order valence-corrected chi connectivity index (χ3v) is 6.19. The van der Waals surface area contributed by atoms with Crippen LogP contribution < -0.4 is 14.8 Å². The van der Waals surface area contributed by atoms with Gasteiger partial charge in [-0.25, -0.2) is 4.68 Å². The minimum absolute atomic E-state index is 0.0799. The number of carbonyl (C=O) groups excluding carboxylic acids is 1. The Kier molecular flexibility index (Phi) is 4.34. The molecule has 152 valence electrons. The van der Waals surface area contributed by atoms with Gasteiger partial charge in [-0.1, -0.05) is 38.6 Å². The van der Waals surface area contributed by atoms with Gasteiger partial charge in [-0.15, -0.1) is 5.10 Å². The monoisotopic (exact) mass is 412 g/mol. The number of fused-ring (bicyclic) bond motifs is 2. The fraction of sp³-hybridized carbons (Fsp3) is 0.476. The number of carbonyl (C=O) groups is 1. The third-order valence-electron chi connectivity index (χ3n) is 5.47. The highest BCUT2D eigenvalue weighted by molar-refractivity contribution is 7.99. The number of anilines is 1. The Hall–Kier alpha value is -2.48. The molecule has 3 aliphatic rings. The van der Waals surface area contributed by atoms with Crippen LogP contribution in [-0.4, -0.2) is 39.5 Å². The van der Waals surface area contributed by atoms with Crippen molar-refractivity contribution in [3.05, 3.63) is 35.0 Å². The van der Waals surface area contributed by atoms with E-state index < -0.39 is 0 Å². The van der Waals surface area contributed by atoms with E-state index in [0.717, 1.165) is 34.8 Å². The number of ketones is 1. The quantitative estimate of drug-likeness (QED) is 0.768. The molecule has 1 atom stereocenters. The number of Topliss-reactive ketones (excluding diaryl/α,β-unsaturated/α-hetero) is 1. The zero-order chi connectivity index (χ0) is 20.2. The van der Waals surface area contributed by atoms with Gasteiger partial charge in [0.2, 0.25) is 11.1 Å². The van der Waals surface area contributed by atoms with Gasteiger partial charge in [0.25, 0.3) is 0 Å². The third kappa shape index (κ3) is 3.19. The Morgan fingerprint density at radius 2 is 2.03 bits per heavy atom. The van der Waals surface area contributed by atoms with E-state index in [1.165, 1.54) is 0 Å². The molecule has 8 heteroatoms. The fourth-order valence-electron chi connectivity index (χ4n) is 4.32. The lowest BCUT2D eigenvalue weighted by Gasteiger charge is -2.38. The van der Waals surface area contributed by atoms with Gasteiger partial charge in [-0.3, -0.25) is 4.79 Å². The maximum Gasteiger partial charge on any atom is 0.227 e. The van der Waals surface area contributed by atoms with Crippen LogP contribution in [0.1, 0.15) is 45.2 Å². The van der Waals surface area contributed by atoms with E-state index in [4.69, 9.17) is 14.6 Å². The Bertz CT molecular complexity index is 1030. The highest BCUT2D eigenvalue weighted by Crippen LogP contribution is 2.46. The topological polar surface area (TPSA) is 78.3 Å². The van der Waals surface area contributed by atoms with Gasteiger partial charge >= 0.3 is 0 Å². The zero-order valence-corrected chi connectivity index (χ0v) is 17.6. The molecule has 1 aromatic heterocycles. The summed E-state index contributed by atoms with van der Waals surface area (Å²) in [6, 6.07) is 5.57. The van der Waals surface area contributed by atoms with E-state index in [2.05, 4.69) is 31.1 Å². The highest BCUT2D eigenvalue weighted by atomic mass is 32.2. The molecule has 2 aromatic rings. The Morgan fingerprint density at radius 1 is 1.24 bits per heavy atom. The lowest BCUT2D eigenvalue weighted by Crippen LogP contribution is -2.36. The Balaban J connectivity index is 1.66. The highest BCUT2D eigenvalue weighted by Gasteiger charge is 2.42. The predicted octanol–water partition coefficient (Wildman–Crippen LogP) is 3.82. The molecular formula is C21H24N4O3S. The van der Waals surface area contributed by atoms with Gasteiger partial charge in [0.15, 0.2) is 17.3 Å². The summed E-state index contributed by atoms with van der Waals surface area (Å²) < 4.78 is 13.3. The molecule has 1 N–H and O–H groups in total. The number of benzene rings is 1. The van der Waals surface area contributed by atoms with Crippen LogP contribution in [-0.2, 0) is 4.79 Å². The molecule has 0 fully saturated rings. The number of hydrogen-bond acceptors (Lipinski definition) is 7. The average Bonchev–Trinajstić information content (AvgIpc) is 3.07. The number of allylic oxidation sites excluding steroid dienone is 2. The molecule has 5 rings (SSSR count). The van der Waals surface area contributed by atoms with Crippen LogP contribution in [0.5, 0.6) is 11.5 Å². The van der Waals surface area contributed by atoms with Gasteiger partial charge < -0.3 is 14.8 Å². The molecule has 0 amide bonds. The van der Waals surface area contributed by atoms with Crippen LogP contribution in [0, 0.1) is 5.41 Å². The van der Waals surface area contributed by atoms with E-state index in [1.54, 1.807) is 11.8 Å². The minimum Gasteiger partial charge on any atom is -0.486 e. The number of thioether (sulfide) groups is 1. The summed E-state index contributed by atoms with van der Waals surface area (Å²) in [5, 5.41) is 8.84. The fourth-order valence-corrected chi connectivity index (χ4v) is 4.87. The molecular weight excluding hydrogens is 388 g/mol. The van der Waals surface area contributed by atoms with Crippen molar-refractivity contribution in [2.75, 3.05) is 24.3 Å². The average molecular weight is 413 g/mol. The smallest absolute Gasteiger partial charge is 0.227 e. The normalized spacial score (nSPS) is 22.0. The lowest BCUT2D eigenvalue weighted by molar-refractivity contribution is -0.118. The predicted molar refractivity (Wildman–Crippen MR) is 111 cm³/mol. The number of nitrogens with one attached hydrogen (secondary N) is 1. The van der Waals surface area contributed by atoms with Crippen LogP contribution in [0.3, 0.4) is 0 Å². The van der Waals surface area contributed by atoms with Gasteiger partial charge in [0, 0.05) is 17.7 Å². The summed E-state index contributed by atoms with van der Waals surface area (Å²) in [5.41, 5.74) is 2.62. The molecule has 2 aliphatic heterocycles. The van der Waals surface area contributed by atoms with Crippen molar-refractivity contribution < 1.29 is 14.3 Å². The molecule has 0 bridgehead atoms. The van der Waals surface area contributed by atoms with Crippen LogP contribution in [0.25, 0.3) is 0 Å². The first-order valence-corrected chi connectivity index (χ1v) is 11.0. The lowest BCUT2D eigenvalue weighted by atomic mass is 9.73. The van der Waals surface area contributed by atoms with Crippen molar-refractivity contribution in [3.8, 4) is 11.5 Å². The number of ether oxygens (including phenoxy) is 2. The van der Waals surface area contributed by atoms with E-state index >= 15 is 0 Å². The van der Waals surface area contributed by atoms with Crippen molar-refractivity contribution in [2.45, 2.75) is 44.8 Å². The van der Waals surface area contributed by atoms with Gasteiger partial charge in [0.05, 0.1) is 0 Å². The molecule has 0 saturated heterocycles. The van der Waals surface area contributed by atoms with Crippen LogP contribution in [0.2, 0.25) is 0 Å². The first kappa shape index (κ1) is 18.5. The first-order valence-electron chi connectivity index (χ1n) is 9.97. The summed E-state index contributed by atoms with van der Waals surface area (Å²) in [5.74, 6) is 3.18. The minimum atomic E-state index is -0.320. The van der Waals surface area contributed by atoms with Crippen molar-refractivity contribution >= 4 is 23.5 Å². The summed E-state index contributed by atoms with van der Waals surface area (Å²) in [7, 11) is 0. The molecule has 1 unspecified atom stereocenters. The van der Waals surface area contributed by atoms with Crippen molar-refractivity contribution in [1.29, 1.82) is 0 Å². The molecule has 29 heavy (non-hydrogen) atoms. The van der Waals surface area contributed by atoms with Crippen molar-refractivity contribution in [2.24, 2.45) is 5.41 Å². The maximum atomic E-state index is 13.2. The second kappa shape index (κ2) is 6.79. The van der Waals surface area contributed by atoms with Gasteiger partial charge in [0.1, 0.15) is 19.3 Å². The molecule has 0 radical (unpaired) electrons. The van der Waals surface area contributed by atoms with Crippen LogP contribution in [0.15, 0.2) is 34.6 Å². The van der Waals surface area contributed by atoms with Gasteiger partial charge in [-0.2, -0.15) is 4.98 Å². The molecule has 7 nitrogen and oxygen atoms in total. The molecule has 3 heterocycles. The second-order valence-corrected chi connectivity index (χ2v) is 9.59. The maximum absolute atomic E-state index is 13.2. The standard InChI is InChI=1S/C21H24N4O3S/c1-4-29-20-23-19-22-13-10-21(2,3)11-14(26)17(13)18(25(19)24-20)12-5-6-15-16(9-12)28-8-7-27-15/h5-6,9,18H,4,7-8,10-11H2,1-3H3,(H,22,23,24). The number of nitrogens with zero attached hydrogens (tertiary/aromatic N) is 3. The summed E-state index contributed by atoms with van der Waals surface area (Å²) in [6.45, 7) is 7.41. The van der Waals surface area contributed by atoms with Crippen molar-refractivity contribution in [3.63, 3.8) is 0 Å². The van der Waals surface area contributed by atoms with E-state index in [9.17, 15) is 4.79 Å².